The fourth-order valence-electron chi connectivity index (χ4n) is 3.36. The van der Waals surface area contributed by atoms with Gasteiger partial charge >= 0.3 is 0 Å². The molecule has 1 aliphatic rings. The van der Waals surface area contributed by atoms with Gasteiger partial charge in [0.1, 0.15) is 5.39 Å². The summed E-state index contributed by atoms with van der Waals surface area (Å²) < 4.78 is 12.2. The minimum atomic E-state index is -0.498. The number of aromatic nitrogens is 4. The summed E-state index contributed by atoms with van der Waals surface area (Å²) in [5.74, 6) is 1.16. The van der Waals surface area contributed by atoms with Gasteiger partial charge in [0.2, 0.25) is 12.7 Å². The van der Waals surface area contributed by atoms with Gasteiger partial charge in [-0.2, -0.15) is 5.10 Å². The maximum absolute atomic E-state index is 12.6. The van der Waals surface area contributed by atoms with Crippen LogP contribution in [0.1, 0.15) is 12.5 Å². The first-order valence-corrected chi connectivity index (χ1v) is 11.3. The molecule has 168 valence electrons. The van der Waals surface area contributed by atoms with Crippen molar-refractivity contribution in [2.75, 3.05) is 6.79 Å². The Bertz CT molecular complexity index is 1420. The SMILES string of the molecule is CC(Sc1nc2c(cnn2-c2cccc(Cl)c2)c(=O)[nH]1)C(=O)NCc1ccc2c(c1)OCO2. The molecule has 0 fully saturated rings. The molecule has 2 aromatic heterocycles. The summed E-state index contributed by atoms with van der Waals surface area (Å²) in [6.07, 6.45) is 1.46. The molecule has 0 spiro atoms. The van der Waals surface area contributed by atoms with E-state index in [1.54, 1.807) is 29.8 Å². The first-order valence-electron chi connectivity index (χ1n) is 10.0. The quantitative estimate of drug-likeness (QED) is 0.320. The van der Waals surface area contributed by atoms with Gasteiger partial charge in [-0.05, 0) is 42.8 Å². The molecule has 5 rings (SSSR count). The van der Waals surface area contributed by atoms with E-state index >= 15 is 0 Å². The van der Waals surface area contributed by atoms with Crippen LogP contribution in [0.25, 0.3) is 16.7 Å². The fourth-order valence-corrected chi connectivity index (χ4v) is 4.36. The number of hydrogen-bond acceptors (Lipinski definition) is 7. The molecular weight excluding hydrogens is 466 g/mol. The summed E-state index contributed by atoms with van der Waals surface area (Å²) in [5.41, 5.74) is 1.63. The van der Waals surface area contributed by atoms with E-state index in [1.165, 1.54) is 6.20 Å². The number of nitrogens with one attached hydrogen (secondary N) is 2. The molecular formula is C22H18ClN5O4S. The summed E-state index contributed by atoms with van der Waals surface area (Å²) in [5, 5.41) is 7.89. The van der Waals surface area contributed by atoms with Crippen LogP contribution in [-0.2, 0) is 11.3 Å². The van der Waals surface area contributed by atoms with E-state index < -0.39 is 5.25 Å². The number of rotatable bonds is 6. The molecule has 0 aliphatic carbocycles. The van der Waals surface area contributed by atoms with E-state index in [4.69, 9.17) is 21.1 Å². The normalized spacial score (nSPS) is 13.3. The van der Waals surface area contributed by atoms with Crippen molar-refractivity contribution in [1.29, 1.82) is 0 Å². The molecule has 2 aromatic carbocycles. The van der Waals surface area contributed by atoms with E-state index in [9.17, 15) is 9.59 Å². The number of halogens is 1. The molecule has 1 amide bonds. The summed E-state index contributed by atoms with van der Waals surface area (Å²) in [4.78, 5) is 32.5. The fraction of sp³-hybridized carbons (Fsp3) is 0.182. The first kappa shape index (κ1) is 21.4. The lowest BCUT2D eigenvalue weighted by Gasteiger charge is -2.12. The lowest BCUT2D eigenvalue weighted by atomic mass is 10.2. The second-order valence-corrected chi connectivity index (χ2v) is 9.08. The number of ether oxygens (including phenoxy) is 2. The van der Waals surface area contributed by atoms with Gasteiger partial charge in [-0.3, -0.25) is 9.59 Å². The van der Waals surface area contributed by atoms with Crippen molar-refractivity contribution in [3.8, 4) is 17.2 Å². The minimum Gasteiger partial charge on any atom is -0.454 e. The van der Waals surface area contributed by atoms with E-state index in [0.717, 1.165) is 17.3 Å². The molecule has 1 atom stereocenters. The van der Waals surface area contributed by atoms with Gasteiger partial charge in [0, 0.05) is 11.6 Å². The summed E-state index contributed by atoms with van der Waals surface area (Å²) in [6, 6.07) is 12.6. The molecule has 0 radical (unpaired) electrons. The molecule has 0 bridgehead atoms. The third kappa shape index (κ3) is 4.39. The van der Waals surface area contributed by atoms with E-state index in [0.29, 0.717) is 44.9 Å². The van der Waals surface area contributed by atoms with E-state index in [1.807, 2.05) is 24.3 Å². The van der Waals surface area contributed by atoms with Crippen molar-refractivity contribution in [3.63, 3.8) is 0 Å². The Labute approximate surface area is 197 Å². The maximum atomic E-state index is 12.6. The second kappa shape index (κ2) is 8.80. The lowest BCUT2D eigenvalue weighted by molar-refractivity contribution is -0.120. The first-order chi connectivity index (χ1) is 16.0. The third-order valence-electron chi connectivity index (χ3n) is 5.03. The Morgan fingerprint density at radius 2 is 2.12 bits per heavy atom. The van der Waals surface area contributed by atoms with Gasteiger partial charge in [-0.1, -0.05) is 35.5 Å². The van der Waals surface area contributed by atoms with Crippen LogP contribution < -0.4 is 20.3 Å². The highest BCUT2D eigenvalue weighted by atomic mass is 35.5. The van der Waals surface area contributed by atoms with Gasteiger partial charge < -0.3 is 19.8 Å². The topological polar surface area (TPSA) is 111 Å². The average Bonchev–Trinajstić information content (AvgIpc) is 3.44. The third-order valence-corrected chi connectivity index (χ3v) is 6.25. The molecule has 2 N–H and O–H groups in total. The molecule has 11 heteroatoms. The zero-order valence-electron chi connectivity index (χ0n) is 17.4. The summed E-state index contributed by atoms with van der Waals surface area (Å²) >= 11 is 7.25. The number of aromatic amines is 1. The van der Waals surface area contributed by atoms with Gasteiger partial charge in [0.05, 0.1) is 17.1 Å². The van der Waals surface area contributed by atoms with Crippen LogP contribution in [0.2, 0.25) is 5.02 Å². The molecule has 4 aromatic rings. The highest BCUT2D eigenvalue weighted by Gasteiger charge is 2.19. The number of carbonyl (C=O) groups is 1. The van der Waals surface area contributed by atoms with Crippen molar-refractivity contribution in [1.82, 2.24) is 25.1 Å². The number of carbonyl (C=O) groups excluding carboxylic acids is 1. The van der Waals surface area contributed by atoms with Gasteiger partial charge in [-0.15, -0.1) is 0 Å². The zero-order valence-corrected chi connectivity index (χ0v) is 18.9. The van der Waals surface area contributed by atoms with Crippen LogP contribution in [0.3, 0.4) is 0 Å². The number of thioether (sulfide) groups is 1. The number of fused-ring (bicyclic) bond motifs is 2. The standard InChI is InChI=1S/C22H18ClN5O4S/c1-12(20(29)24-9-13-5-6-17-18(7-13)32-11-31-17)33-22-26-19-16(21(30)27-22)10-25-28(19)15-4-2-3-14(23)8-15/h2-8,10,12H,9,11H2,1H3,(H,24,29)(H,26,27,30). The van der Waals surface area contributed by atoms with Crippen molar-refractivity contribution in [2.24, 2.45) is 0 Å². The molecule has 0 saturated carbocycles. The van der Waals surface area contributed by atoms with Gasteiger partial charge in [0.25, 0.3) is 5.56 Å². The predicted octanol–water partition coefficient (Wildman–Crippen LogP) is 3.29. The molecule has 1 aliphatic heterocycles. The number of H-pyrrole nitrogens is 1. The Balaban J connectivity index is 1.31. The van der Waals surface area contributed by atoms with E-state index in [-0.39, 0.29) is 18.3 Å². The highest BCUT2D eigenvalue weighted by molar-refractivity contribution is 8.00. The smallest absolute Gasteiger partial charge is 0.262 e. The second-order valence-electron chi connectivity index (χ2n) is 7.31. The highest BCUT2D eigenvalue weighted by Crippen LogP contribution is 2.32. The van der Waals surface area contributed by atoms with Crippen LogP contribution in [0.5, 0.6) is 11.5 Å². The number of nitrogens with zero attached hydrogens (tertiary/aromatic N) is 3. The zero-order chi connectivity index (χ0) is 22.9. The van der Waals surface area contributed by atoms with E-state index in [2.05, 4.69) is 20.4 Å². The van der Waals surface area contributed by atoms with Crippen molar-refractivity contribution in [2.45, 2.75) is 23.9 Å². The molecule has 1 unspecified atom stereocenters. The summed E-state index contributed by atoms with van der Waals surface area (Å²) in [7, 11) is 0. The monoisotopic (exact) mass is 483 g/mol. The van der Waals surface area contributed by atoms with Crippen LogP contribution in [-0.4, -0.2) is 37.7 Å². The van der Waals surface area contributed by atoms with Gasteiger partial charge in [-0.25, -0.2) is 9.67 Å². The van der Waals surface area contributed by atoms with Crippen LogP contribution in [0, 0.1) is 0 Å². The Hall–Kier alpha value is -3.50. The average molecular weight is 484 g/mol. The minimum absolute atomic E-state index is 0.191. The maximum Gasteiger partial charge on any atom is 0.262 e. The number of benzene rings is 2. The number of hydrogen-bond donors (Lipinski definition) is 2. The Morgan fingerprint density at radius 1 is 1.27 bits per heavy atom. The van der Waals surface area contributed by atoms with Crippen molar-refractivity contribution >= 4 is 40.3 Å². The Kier molecular flexibility index (Phi) is 5.69. The molecule has 33 heavy (non-hydrogen) atoms. The lowest BCUT2D eigenvalue weighted by Crippen LogP contribution is -2.30. The molecule has 0 saturated heterocycles. The predicted molar refractivity (Wildman–Crippen MR) is 124 cm³/mol. The van der Waals surface area contributed by atoms with Crippen LogP contribution in [0.15, 0.2) is 58.6 Å². The van der Waals surface area contributed by atoms with Crippen LogP contribution >= 0.6 is 23.4 Å². The Morgan fingerprint density at radius 3 is 2.97 bits per heavy atom. The van der Waals surface area contributed by atoms with Gasteiger partial charge in [0.15, 0.2) is 22.3 Å². The molecule has 9 nitrogen and oxygen atoms in total. The van der Waals surface area contributed by atoms with Crippen molar-refractivity contribution < 1.29 is 14.3 Å². The summed E-state index contributed by atoms with van der Waals surface area (Å²) in [6.45, 7) is 2.29. The molecule has 3 heterocycles. The largest absolute Gasteiger partial charge is 0.454 e. The number of amides is 1. The van der Waals surface area contributed by atoms with Crippen LogP contribution in [0.4, 0.5) is 0 Å². The van der Waals surface area contributed by atoms with Crippen molar-refractivity contribution in [3.05, 3.63) is 69.6 Å².